The molecule has 5 heteroatoms. The number of aliphatic hydroxyl groups is 1. The van der Waals surface area contributed by atoms with E-state index in [0.717, 1.165) is 10.0 Å². The summed E-state index contributed by atoms with van der Waals surface area (Å²) in [6.07, 6.45) is -1.09. The highest BCUT2D eigenvalue weighted by Gasteiger charge is 2.20. The van der Waals surface area contributed by atoms with Crippen molar-refractivity contribution >= 4 is 31.9 Å². The Balaban J connectivity index is 2.52. The zero-order chi connectivity index (χ0) is 14.9. The fourth-order valence-corrected chi connectivity index (χ4v) is 2.65. The van der Waals surface area contributed by atoms with Crippen molar-refractivity contribution in [2.75, 3.05) is 7.11 Å². The van der Waals surface area contributed by atoms with E-state index in [0.29, 0.717) is 15.8 Å². The lowest BCUT2D eigenvalue weighted by molar-refractivity contribution is 0.209. The second-order valence-electron chi connectivity index (χ2n) is 4.41. The van der Waals surface area contributed by atoms with E-state index in [1.807, 2.05) is 6.92 Å². The molecule has 2 aromatic carbocycles. The number of hydrogen-bond acceptors (Lipinski definition) is 2. The molecule has 0 fully saturated rings. The average Bonchev–Trinajstić information content (AvgIpc) is 2.40. The van der Waals surface area contributed by atoms with Crippen LogP contribution in [-0.4, -0.2) is 12.2 Å². The number of rotatable bonds is 3. The number of ether oxygens (including phenoxy) is 1. The Hall–Kier alpha value is -0.910. The molecule has 1 atom stereocenters. The average molecular weight is 404 g/mol. The van der Waals surface area contributed by atoms with Crippen molar-refractivity contribution in [3.63, 3.8) is 0 Å². The van der Waals surface area contributed by atoms with Crippen LogP contribution in [0.3, 0.4) is 0 Å². The van der Waals surface area contributed by atoms with Crippen LogP contribution < -0.4 is 4.74 Å². The van der Waals surface area contributed by atoms with E-state index in [1.165, 1.54) is 13.2 Å². The maximum Gasteiger partial charge on any atom is 0.130 e. The maximum atomic E-state index is 14.0. The van der Waals surface area contributed by atoms with Gasteiger partial charge in [-0.05, 0) is 36.8 Å². The van der Waals surface area contributed by atoms with Gasteiger partial charge in [0.15, 0.2) is 0 Å². The molecule has 0 heterocycles. The molecule has 1 N–H and O–H groups in total. The van der Waals surface area contributed by atoms with Crippen LogP contribution in [0.1, 0.15) is 22.8 Å². The minimum Gasteiger partial charge on any atom is -0.496 e. The third kappa shape index (κ3) is 3.05. The number of hydrogen-bond donors (Lipinski definition) is 1. The minimum atomic E-state index is -1.09. The van der Waals surface area contributed by atoms with Crippen molar-refractivity contribution in [2.45, 2.75) is 13.0 Å². The minimum absolute atomic E-state index is 0.210. The predicted molar refractivity (Wildman–Crippen MR) is 83.6 cm³/mol. The number of aryl methyl sites for hydroxylation is 1. The number of methoxy groups -OCH3 is 1. The first kappa shape index (κ1) is 15.5. The van der Waals surface area contributed by atoms with Crippen LogP contribution in [0.5, 0.6) is 5.75 Å². The topological polar surface area (TPSA) is 29.5 Å². The van der Waals surface area contributed by atoms with Gasteiger partial charge in [0.2, 0.25) is 0 Å². The molecule has 0 aliphatic heterocycles. The lowest BCUT2D eigenvalue weighted by atomic mass is 9.99. The summed E-state index contributed by atoms with van der Waals surface area (Å²) in [7, 11) is 1.52. The summed E-state index contributed by atoms with van der Waals surface area (Å²) in [4.78, 5) is 0. The summed E-state index contributed by atoms with van der Waals surface area (Å²) in [6, 6.07) is 8.13. The molecule has 0 saturated heterocycles. The molecule has 0 aliphatic carbocycles. The fourth-order valence-electron chi connectivity index (χ4n) is 1.95. The van der Waals surface area contributed by atoms with Crippen molar-refractivity contribution in [1.82, 2.24) is 0 Å². The standard InChI is InChI=1S/C15H13Br2FO2/c1-8-5-14(20-2)11(7-12(8)17)15(19)10-4-3-9(16)6-13(10)18/h3-7,15,19H,1-2H3. The number of aliphatic hydroxyl groups excluding tert-OH is 1. The molecular formula is C15H13Br2FO2. The van der Waals surface area contributed by atoms with Gasteiger partial charge in [0, 0.05) is 20.1 Å². The van der Waals surface area contributed by atoms with Crippen LogP contribution in [0, 0.1) is 12.7 Å². The Labute approximate surface area is 133 Å². The first-order chi connectivity index (χ1) is 9.43. The van der Waals surface area contributed by atoms with Crippen molar-refractivity contribution in [2.24, 2.45) is 0 Å². The highest BCUT2D eigenvalue weighted by atomic mass is 79.9. The molecule has 0 amide bonds. The summed E-state index contributed by atoms with van der Waals surface area (Å²) in [5.74, 6) is 0.0612. The van der Waals surface area contributed by atoms with Crippen molar-refractivity contribution in [3.05, 3.63) is 61.8 Å². The molecule has 2 nitrogen and oxygen atoms in total. The lowest BCUT2D eigenvalue weighted by Crippen LogP contribution is -2.05. The Kier molecular flexibility index (Phi) is 4.83. The van der Waals surface area contributed by atoms with Gasteiger partial charge in [-0.15, -0.1) is 0 Å². The molecule has 1 unspecified atom stereocenters. The van der Waals surface area contributed by atoms with Crippen LogP contribution in [-0.2, 0) is 0 Å². The predicted octanol–water partition coefficient (Wildman–Crippen LogP) is 4.75. The van der Waals surface area contributed by atoms with E-state index in [2.05, 4.69) is 31.9 Å². The Bertz CT molecular complexity index is 644. The zero-order valence-electron chi connectivity index (χ0n) is 11.0. The van der Waals surface area contributed by atoms with Gasteiger partial charge < -0.3 is 9.84 Å². The van der Waals surface area contributed by atoms with Crippen molar-refractivity contribution in [3.8, 4) is 5.75 Å². The highest BCUT2D eigenvalue weighted by Crippen LogP contribution is 2.35. The van der Waals surface area contributed by atoms with E-state index in [1.54, 1.807) is 24.3 Å². The molecule has 0 spiro atoms. The van der Waals surface area contributed by atoms with Gasteiger partial charge >= 0.3 is 0 Å². The SMILES string of the molecule is COc1cc(C)c(Br)cc1C(O)c1ccc(Br)cc1F. The number of benzene rings is 2. The highest BCUT2D eigenvalue weighted by molar-refractivity contribution is 9.10. The fraction of sp³-hybridized carbons (Fsp3) is 0.200. The summed E-state index contributed by atoms with van der Waals surface area (Å²) >= 11 is 6.61. The molecule has 0 bridgehead atoms. The quantitative estimate of drug-likeness (QED) is 0.801. The normalized spacial score (nSPS) is 12.3. The second kappa shape index (κ2) is 6.24. The largest absolute Gasteiger partial charge is 0.496 e. The van der Waals surface area contributed by atoms with E-state index >= 15 is 0 Å². The molecule has 0 aromatic heterocycles. The summed E-state index contributed by atoms with van der Waals surface area (Å²) in [6.45, 7) is 1.92. The van der Waals surface area contributed by atoms with Crippen LogP contribution in [0.4, 0.5) is 4.39 Å². The monoisotopic (exact) mass is 402 g/mol. The van der Waals surface area contributed by atoms with Crippen LogP contribution >= 0.6 is 31.9 Å². The lowest BCUT2D eigenvalue weighted by Gasteiger charge is -2.17. The van der Waals surface area contributed by atoms with Crippen LogP contribution in [0.2, 0.25) is 0 Å². The van der Waals surface area contributed by atoms with Gasteiger partial charge in [-0.1, -0.05) is 37.9 Å². The zero-order valence-corrected chi connectivity index (χ0v) is 14.1. The van der Waals surface area contributed by atoms with Crippen molar-refractivity contribution in [1.29, 1.82) is 0 Å². The maximum absolute atomic E-state index is 14.0. The summed E-state index contributed by atoms with van der Waals surface area (Å²) in [5.41, 5.74) is 1.71. The number of halogens is 3. The third-order valence-electron chi connectivity index (χ3n) is 3.06. The molecule has 0 aliphatic rings. The first-order valence-corrected chi connectivity index (χ1v) is 7.49. The Morgan fingerprint density at radius 2 is 1.85 bits per heavy atom. The molecule has 0 saturated carbocycles. The first-order valence-electron chi connectivity index (χ1n) is 5.91. The molecule has 2 rings (SSSR count). The molecule has 0 radical (unpaired) electrons. The molecular weight excluding hydrogens is 391 g/mol. The van der Waals surface area contributed by atoms with Gasteiger partial charge in [0.1, 0.15) is 17.7 Å². The van der Waals surface area contributed by atoms with E-state index in [-0.39, 0.29) is 5.56 Å². The van der Waals surface area contributed by atoms with E-state index < -0.39 is 11.9 Å². The summed E-state index contributed by atoms with van der Waals surface area (Å²) in [5, 5.41) is 10.4. The molecule has 2 aromatic rings. The van der Waals surface area contributed by atoms with Gasteiger partial charge in [-0.3, -0.25) is 0 Å². The van der Waals surface area contributed by atoms with Crippen LogP contribution in [0.25, 0.3) is 0 Å². The molecule has 106 valence electrons. The summed E-state index contributed by atoms with van der Waals surface area (Å²) < 4.78 is 20.7. The van der Waals surface area contributed by atoms with Crippen molar-refractivity contribution < 1.29 is 14.2 Å². The van der Waals surface area contributed by atoms with Gasteiger partial charge in [-0.2, -0.15) is 0 Å². The van der Waals surface area contributed by atoms with Gasteiger partial charge in [-0.25, -0.2) is 4.39 Å². The Morgan fingerprint density at radius 1 is 1.15 bits per heavy atom. The molecule has 20 heavy (non-hydrogen) atoms. The van der Waals surface area contributed by atoms with E-state index in [4.69, 9.17) is 4.74 Å². The van der Waals surface area contributed by atoms with Crippen LogP contribution in [0.15, 0.2) is 39.3 Å². The second-order valence-corrected chi connectivity index (χ2v) is 6.18. The van der Waals surface area contributed by atoms with E-state index in [9.17, 15) is 9.50 Å². The smallest absolute Gasteiger partial charge is 0.130 e. The Morgan fingerprint density at radius 3 is 2.45 bits per heavy atom. The third-order valence-corrected chi connectivity index (χ3v) is 4.41. The van der Waals surface area contributed by atoms with Gasteiger partial charge in [0.25, 0.3) is 0 Å². The van der Waals surface area contributed by atoms with Gasteiger partial charge in [0.05, 0.1) is 7.11 Å².